The summed E-state index contributed by atoms with van der Waals surface area (Å²) in [6, 6.07) is 9.35. The Morgan fingerprint density at radius 3 is 2.59 bits per heavy atom. The third-order valence-corrected chi connectivity index (χ3v) is 4.39. The zero-order valence-electron chi connectivity index (χ0n) is 16.2. The normalized spacial score (nSPS) is 19.3. The molecule has 27 heavy (non-hydrogen) atoms. The molecule has 1 aliphatic rings. The molecule has 0 bridgehead atoms. The van der Waals surface area contributed by atoms with Gasteiger partial charge in [-0.05, 0) is 39.2 Å². The number of hydrogen-bond donors (Lipinski definition) is 1. The summed E-state index contributed by atoms with van der Waals surface area (Å²) in [7, 11) is 0. The molecule has 7 heteroatoms. The van der Waals surface area contributed by atoms with Crippen molar-refractivity contribution in [1.82, 2.24) is 20.3 Å². The Labute approximate surface area is 159 Å². The number of carbonyl (C=O) groups excluding carboxylic acids is 2. The van der Waals surface area contributed by atoms with Gasteiger partial charge in [0.15, 0.2) is 5.69 Å². The Bertz CT molecular complexity index is 823. The van der Waals surface area contributed by atoms with Gasteiger partial charge in [0.2, 0.25) is 6.10 Å². The Hall–Kier alpha value is -2.70. The minimum atomic E-state index is -0.958. The number of aryl methyl sites for hydroxylation is 1. The lowest BCUT2D eigenvalue weighted by molar-refractivity contribution is -0.135. The van der Waals surface area contributed by atoms with Crippen LogP contribution in [-0.2, 0) is 22.4 Å². The predicted molar refractivity (Wildman–Crippen MR) is 100 cm³/mol. The SMILES string of the molecule is CCCc1nnn2c1C(=O)OC(C(=O)NC(C)(C)C)[C@@H]2Cc1ccccc1. The lowest BCUT2D eigenvalue weighted by Gasteiger charge is -2.33. The van der Waals surface area contributed by atoms with Gasteiger partial charge < -0.3 is 10.1 Å². The maximum Gasteiger partial charge on any atom is 0.359 e. The Balaban J connectivity index is 1.99. The summed E-state index contributed by atoms with van der Waals surface area (Å²) < 4.78 is 7.18. The molecule has 2 heterocycles. The maximum atomic E-state index is 12.9. The monoisotopic (exact) mass is 370 g/mol. The fourth-order valence-electron chi connectivity index (χ4n) is 3.27. The lowest BCUT2D eigenvalue weighted by Crippen LogP contribution is -2.52. The van der Waals surface area contributed by atoms with Crippen LogP contribution in [0.15, 0.2) is 30.3 Å². The zero-order chi connectivity index (χ0) is 19.6. The van der Waals surface area contributed by atoms with Gasteiger partial charge in [-0.2, -0.15) is 0 Å². The Morgan fingerprint density at radius 2 is 1.96 bits per heavy atom. The summed E-state index contributed by atoms with van der Waals surface area (Å²) in [5.41, 5.74) is 1.58. The van der Waals surface area contributed by atoms with Crippen LogP contribution >= 0.6 is 0 Å². The van der Waals surface area contributed by atoms with E-state index in [1.54, 1.807) is 4.68 Å². The second-order valence-corrected chi connectivity index (χ2v) is 7.90. The molecule has 3 rings (SSSR count). The molecule has 2 atom stereocenters. The van der Waals surface area contributed by atoms with Crippen LogP contribution in [0.4, 0.5) is 0 Å². The number of benzene rings is 1. The molecule has 1 aromatic heterocycles. The van der Waals surface area contributed by atoms with Crippen molar-refractivity contribution < 1.29 is 14.3 Å². The molecule has 7 nitrogen and oxygen atoms in total. The zero-order valence-corrected chi connectivity index (χ0v) is 16.2. The van der Waals surface area contributed by atoms with Gasteiger partial charge in [-0.1, -0.05) is 48.9 Å². The van der Waals surface area contributed by atoms with Crippen molar-refractivity contribution in [2.45, 2.75) is 64.6 Å². The van der Waals surface area contributed by atoms with Crippen molar-refractivity contribution >= 4 is 11.9 Å². The van der Waals surface area contributed by atoms with Crippen LogP contribution in [0.5, 0.6) is 0 Å². The molecule has 0 saturated heterocycles. The van der Waals surface area contributed by atoms with E-state index in [1.807, 2.05) is 58.0 Å². The molecular formula is C20H26N4O3. The van der Waals surface area contributed by atoms with Gasteiger partial charge >= 0.3 is 5.97 Å². The van der Waals surface area contributed by atoms with Crippen LogP contribution < -0.4 is 5.32 Å². The van der Waals surface area contributed by atoms with Crippen LogP contribution in [0.3, 0.4) is 0 Å². The van der Waals surface area contributed by atoms with Crippen molar-refractivity contribution in [2.75, 3.05) is 0 Å². The topological polar surface area (TPSA) is 86.1 Å². The van der Waals surface area contributed by atoms with E-state index in [-0.39, 0.29) is 5.91 Å². The number of fused-ring (bicyclic) bond motifs is 1. The molecule has 0 radical (unpaired) electrons. The summed E-state index contributed by atoms with van der Waals surface area (Å²) in [5.74, 6) is -0.864. The van der Waals surface area contributed by atoms with E-state index in [0.29, 0.717) is 24.2 Å². The average molecular weight is 370 g/mol. The smallest absolute Gasteiger partial charge is 0.359 e. The summed E-state index contributed by atoms with van der Waals surface area (Å²) in [4.78, 5) is 25.5. The highest BCUT2D eigenvalue weighted by Gasteiger charge is 2.43. The van der Waals surface area contributed by atoms with Crippen LogP contribution in [0, 0.1) is 0 Å². The van der Waals surface area contributed by atoms with E-state index >= 15 is 0 Å². The van der Waals surface area contributed by atoms with E-state index in [2.05, 4.69) is 15.6 Å². The molecule has 1 aromatic carbocycles. The Kier molecular flexibility index (Phi) is 5.30. The van der Waals surface area contributed by atoms with Gasteiger partial charge in [0.1, 0.15) is 6.04 Å². The first-order chi connectivity index (χ1) is 12.8. The van der Waals surface area contributed by atoms with Gasteiger partial charge in [-0.25, -0.2) is 9.48 Å². The number of cyclic esters (lactones) is 1. The average Bonchev–Trinajstić information content (AvgIpc) is 3.01. The molecule has 0 spiro atoms. The quantitative estimate of drug-likeness (QED) is 0.817. The molecule has 0 aliphatic carbocycles. The van der Waals surface area contributed by atoms with Crippen molar-refractivity contribution in [3.8, 4) is 0 Å². The van der Waals surface area contributed by atoms with E-state index in [1.165, 1.54) is 0 Å². The molecule has 0 saturated carbocycles. The van der Waals surface area contributed by atoms with Gasteiger partial charge in [0.05, 0.1) is 5.69 Å². The molecule has 1 N–H and O–H groups in total. The number of amides is 1. The minimum absolute atomic E-state index is 0.324. The van der Waals surface area contributed by atoms with Crippen molar-refractivity contribution in [3.05, 3.63) is 47.3 Å². The number of esters is 1. The second-order valence-electron chi connectivity index (χ2n) is 7.90. The van der Waals surface area contributed by atoms with E-state index in [9.17, 15) is 9.59 Å². The van der Waals surface area contributed by atoms with Gasteiger partial charge in [-0.15, -0.1) is 5.10 Å². The summed E-state index contributed by atoms with van der Waals surface area (Å²) in [5, 5.41) is 11.3. The van der Waals surface area contributed by atoms with Gasteiger partial charge in [0.25, 0.3) is 5.91 Å². The highest BCUT2D eigenvalue weighted by molar-refractivity contribution is 5.93. The van der Waals surface area contributed by atoms with E-state index in [4.69, 9.17) is 4.74 Å². The molecule has 1 unspecified atom stereocenters. The maximum absolute atomic E-state index is 12.9. The van der Waals surface area contributed by atoms with Crippen LogP contribution in [0.1, 0.15) is 61.9 Å². The van der Waals surface area contributed by atoms with Gasteiger partial charge in [-0.3, -0.25) is 4.79 Å². The number of ether oxygens (including phenoxy) is 1. The van der Waals surface area contributed by atoms with E-state index in [0.717, 1.165) is 12.0 Å². The second kappa shape index (κ2) is 7.50. The number of nitrogens with one attached hydrogen (secondary N) is 1. The van der Waals surface area contributed by atoms with Crippen molar-refractivity contribution in [2.24, 2.45) is 0 Å². The first-order valence-electron chi connectivity index (χ1n) is 9.31. The number of carbonyl (C=O) groups is 2. The van der Waals surface area contributed by atoms with Crippen molar-refractivity contribution in [3.63, 3.8) is 0 Å². The number of aromatic nitrogens is 3. The van der Waals surface area contributed by atoms with Gasteiger partial charge in [0, 0.05) is 5.54 Å². The minimum Gasteiger partial charge on any atom is -0.445 e. The number of rotatable bonds is 5. The standard InChI is InChI=1S/C20H26N4O3/c1-5-9-14-16-19(26)27-17(18(25)21-20(2,3)4)15(24(16)23-22-14)12-13-10-7-6-8-11-13/h6-8,10-11,15,17H,5,9,12H2,1-4H3,(H,21,25)/t15-,17?/m0/s1. The fraction of sp³-hybridized carbons (Fsp3) is 0.500. The lowest BCUT2D eigenvalue weighted by atomic mass is 9.97. The molecule has 1 amide bonds. The largest absolute Gasteiger partial charge is 0.445 e. The third-order valence-electron chi connectivity index (χ3n) is 4.39. The summed E-state index contributed by atoms with van der Waals surface area (Å²) in [6.45, 7) is 7.69. The third kappa shape index (κ3) is 4.18. The van der Waals surface area contributed by atoms with Crippen LogP contribution in [0.2, 0.25) is 0 Å². The van der Waals surface area contributed by atoms with Crippen LogP contribution in [0.25, 0.3) is 0 Å². The molecule has 0 fully saturated rings. The number of nitrogens with zero attached hydrogens (tertiary/aromatic N) is 3. The van der Waals surface area contributed by atoms with E-state index < -0.39 is 23.7 Å². The fourth-order valence-corrected chi connectivity index (χ4v) is 3.27. The van der Waals surface area contributed by atoms with Crippen LogP contribution in [-0.4, -0.2) is 38.5 Å². The first-order valence-corrected chi connectivity index (χ1v) is 9.31. The molecule has 144 valence electrons. The molecule has 2 aromatic rings. The summed E-state index contributed by atoms with van der Waals surface area (Å²) >= 11 is 0. The highest BCUT2D eigenvalue weighted by atomic mass is 16.6. The molecule has 1 aliphatic heterocycles. The van der Waals surface area contributed by atoms with Crippen molar-refractivity contribution in [1.29, 1.82) is 0 Å². The Morgan fingerprint density at radius 1 is 1.26 bits per heavy atom. The summed E-state index contributed by atoms with van der Waals surface area (Å²) in [6.07, 6.45) is 1.04. The number of hydrogen-bond acceptors (Lipinski definition) is 5. The molecular weight excluding hydrogens is 344 g/mol. The predicted octanol–water partition coefficient (Wildman–Crippen LogP) is 2.47. The first kappa shape index (κ1) is 19.1. The highest BCUT2D eigenvalue weighted by Crippen LogP contribution is 2.29.